The molecule has 0 aromatic heterocycles. The van der Waals surface area contributed by atoms with E-state index in [-0.39, 0.29) is 0 Å². The molecule has 0 saturated carbocycles. The monoisotopic (exact) mass is 217 g/mol. The maximum absolute atomic E-state index is 11.0. The van der Waals surface area contributed by atoms with E-state index in [1.807, 2.05) is 13.0 Å². The molecule has 80 valence electrons. The second-order valence-electron chi connectivity index (χ2n) is 3.35. The van der Waals surface area contributed by atoms with Crippen LogP contribution in [0, 0.1) is 0 Å². The molecule has 0 amide bonds. The SMILES string of the molecule is COC1=CC(C)=C(NS(C)(=O)=O)CC1. The van der Waals surface area contributed by atoms with Gasteiger partial charge >= 0.3 is 0 Å². The van der Waals surface area contributed by atoms with Gasteiger partial charge in [0.1, 0.15) is 0 Å². The Labute approximate surface area is 84.7 Å². The molecule has 1 aliphatic rings. The molecule has 0 radical (unpaired) electrons. The predicted octanol–water partition coefficient (Wildman–Crippen LogP) is 1.13. The van der Waals surface area contributed by atoms with Crippen molar-refractivity contribution in [1.82, 2.24) is 4.72 Å². The van der Waals surface area contributed by atoms with Crippen molar-refractivity contribution in [3.05, 3.63) is 23.1 Å². The zero-order chi connectivity index (χ0) is 10.8. The minimum atomic E-state index is -3.16. The van der Waals surface area contributed by atoms with E-state index in [1.54, 1.807) is 7.11 Å². The Balaban J connectivity index is 2.86. The molecule has 0 aliphatic heterocycles. The van der Waals surface area contributed by atoms with Gasteiger partial charge in [-0.15, -0.1) is 0 Å². The van der Waals surface area contributed by atoms with Gasteiger partial charge in [0.15, 0.2) is 0 Å². The molecular weight excluding hydrogens is 202 g/mol. The van der Waals surface area contributed by atoms with Gasteiger partial charge in [-0.2, -0.15) is 0 Å². The highest BCUT2D eigenvalue weighted by atomic mass is 32.2. The van der Waals surface area contributed by atoms with Crippen molar-refractivity contribution in [2.24, 2.45) is 0 Å². The Hall–Kier alpha value is -0.970. The summed E-state index contributed by atoms with van der Waals surface area (Å²) in [5, 5.41) is 0. The van der Waals surface area contributed by atoms with Gasteiger partial charge in [0, 0.05) is 12.1 Å². The van der Waals surface area contributed by atoms with Crippen LogP contribution in [0.15, 0.2) is 23.1 Å². The number of nitrogens with one attached hydrogen (secondary N) is 1. The van der Waals surface area contributed by atoms with Crippen molar-refractivity contribution >= 4 is 10.0 Å². The molecule has 0 heterocycles. The van der Waals surface area contributed by atoms with Gasteiger partial charge in [0.2, 0.25) is 10.0 Å². The van der Waals surface area contributed by atoms with E-state index < -0.39 is 10.0 Å². The lowest BCUT2D eigenvalue weighted by molar-refractivity contribution is 0.274. The van der Waals surface area contributed by atoms with Crippen molar-refractivity contribution in [3.63, 3.8) is 0 Å². The molecule has 1 N–H and O–H groups in total. The summed E-state index contributed by atoms with van der Waals surface area (Å²) < 4.78 is 29.6. The molecule has 1 aliphatic carbocycles. The predicted molar refractivity (Wildman–Crippen MR) is 55.0 cm³/mol. The lowest BCUT2D eigenvalue weighted by Gasteiger charge is -2.17. The third-order valence-electron chi connectivity index (χ3n) is 2.05. The molecule has 0 atom stereocenters. The Bertz CT molecular complexity index is 379. The molecule has 0 saturated heterocycles. The molecule has 0 fully saturated rings. The maximum atomic E-state index is 11.0. The largest absolute Gasteiger partial charge is 0.501 e. The van der Waals surface area contributed by atoms with Gasteiger partial charge in [-0.05, 0) is 25.0 Å². The molecule has 0 spiro atoms. The highest BCUT2D eigenvalue weighted by molar-refractivity contribution is 7.88. The first-order valence-corrected chi connectivity index (χ1v) is 6.23. The van der Waals surface area contributed by atoms with Crippen molar-refractivity contribution in [2.45, 2.75) is 19.8 Å². The lowest BCUT2D eigenvalue weighted by atomic mass is 10.0. The highest BCUT2D eigenvalue weighted by Gasteiger charge is 2.13. The molecule has 4 nitrogen and oxygen atoms in total. The second kappa shape index (κ2) is 4.04. The minimum Gasteiger partial charge on any atom is -0.501 e. The summed E-state index contributed by atoms with van der Waals surface area (Å²) in [4.78, 5) is 0. The number of hydrogen-bond donors (Lipinski definition) is 1. The normalized spacial score (nSPS) is 17.8. The van der Waals surface area contributed by atoms with Crippen LogP contribution in [-0.4, -0.2) is 21.8 Å². The van der Waals surface area contributed by atoms with Crippen LogP contribution in [0.4, 0.5) is 0 Å². The first kappa shape index (κ1) is 11.1. The maximum Gasteiger partial charge on any atom is 0.229 e. The smallest absolute Gasteiger partial charge is 0.229 e. The number of hydrogen-bond acceptors (Lipinski definition) is 3. The summed E-state index contributed by atoms with van der Waals surface area (Å²) in [6, 6.07) is 0. The van der Waals surface area contributed by atoms with Crippen molar-refractivity contribution in [3.8, 4) is 0 Å². The van der Waals surface area contributed by atoms with E-state index in [0.29, 0.717) is 6.42 Å². The zero-order valence-electron chi connectivity index (χ0n) is 8.62. The Morgan fingerprint density at radius 3 is 2.50 bits per heavy atom. The van der Waals surface area contributed by atoms with Crippen LogP contribution in [0.3, 0.4) is 0 Å². The van der Waals surface area contributed by atoms with E-state index in [4.69, 9.17) is 4.74 Å². The van der Waals surface area contributed by atoms with Gasteiger partial charge in [-0.25, -0.2) is 8.42 Å². The van der Waals surface area contributed by atoms with Crippen LogP contribution < -0.4 is 4.72 Å². The fraction of sp³-hybridized carbons (Fsp3) is 0.556. The lowest BCUT2D eigenvalue weighted by Crippen LogP contribution is -2.23. The van der Waals surface area contributed by atoms with E-state index in [9.17, 15) is 8.42 Å². The van der Waals surface area contributed by atoms with Gasteiger partial charge < -0.3 is 4.74 Å². The Morgan fingerprint density at radius 1 is 1.43 bits per heavy atom. The third-order valence-corrected chi connectivity index (χ3v) is 2.66. The molecular formula is C9H15NO3S. The number of rotatable bonds is 3. The van der Waals surface area contributed by atoms with Crippen LogP contribution in [0.25, 0.3) is 0 Å². The van der Waals surface area contributed by atoms with E-state index >= 15 is 0 Å². The Kier molecular flexibility index (Phi) is 3.21. The van der Waals surface area contributed by atoms with Crippen molar-refractivity contribution < 1.29 is 13.2 Å². The topological polar surface area (TPSA) is 55.4 Å². The van der Waals surface area contributed by atoms with Gasteiger partial charge in [-0.1, -0.05) is 0 Å². The number of sulfonamides is 1. The van der Waals surface area contributed by atoms with Crippen molar-refractivity contribution in [1.29, 1.82) is 0 Å². The fourth-order valence-electron chi connectivity index (χ4n) is 1.36. The third kappa shape index (κ3) is 3.06. The summed E-state index contributed by atoms with van der Waals surface area (Å²) in [6.07, 6.45) is 4.43. The molecule has 1 rings (SSSR count). The van der Waals surface area contributed by atoms with E-state index in [0.717, 1.165) is 29.7 Å². The van der Waals surface area contributed by atoms with Crippen LogP contribution >= 0.6 is 0 Å². The Morgan fingerprint density at radius 2 is 2.07 bits per heavy atom. The molecule has 0 aromatic rings. The standard InChI is InChI=1S/C9H15NO3S/c1-7-6-8(13-2)4-5-9(7)10-14(3,11)12/h6,10H,4-5H2,1-3H3. The zero-order valence-corrected chi connectivity index (χ0v) is 9.44. The van der Waals surface area contributed by atoms with E-state index in [2.05, 4.69) is 4.72 Å². The fourth-order valence-corrected chi connectivity index (χ4v) is 2.07. The van der Waals surface area contributed by atoms with E-state index in [1.165, 1.54) is 0 Å². The van der Waals surface area contributed by atoms with Gasteiger partial charge in [-0.3, -0.25) is 4.72 Å². The van der Waals surface area contributed by atoms with Gasteiger partial charge in [0.05, 0.1) is 19.1 Å². The van der Waals surface area contributed by atoms with Crippen LogP contribution in [0.2, 0.25) is 0 Å². The number of allylic oxidation sites excluding steroid dienone is 4. The molecule has 14 heavy (non-hydrogen) atoms. The summed E-state index contributed by atoms with van der Waals surface area (Å²) in [7, 11) is -1.54. The molecule has 0 unspecified atom stereocenters. The molecule has 5 heteroatoms. The summed E-state index contributed by atoms with van der Waals surface area (Å²) in [5.74, 6) is 0.890. The highest BCUT2D eigenvalue weighted by Crippen LogP contribution is 2.22. The van der Waals surface area contributed by atoms with Crippen molar-refractivity contribution in [2.75, 3.05) is 13.4 Å². The number of ether oxygens (including phenoxy) is 1. The quantitative estimate of drug-likeness (QED) is 0.771. The summed E-state index contributed by atoms with van der Waals surface area (Å²) >= 11 is 0. The molecule has 0 bridgehead atoms. The number of methoxy groups -OCH3 is 1. The first-order chi connectivity index (χ1) is 6.42. The van der Waals surface area contributed by atoms with Crippen LogP contribution in [0.5, 0.6) is 0 Å². The summed E-state index contributed by atoms with van der Waals surface area (Å²) in [5.41, 5.74) is 1.67. The average molecular weight is 217 g/mol. The van der Waals surface area contributed by atoms with Gasteiger partial charge in [0.25, 0.3) is 0 Å². The van der Waals surface area contributed by atoms with Crippen LogP contribution in [0.1, 0.15) is 19.8 Å². The minimum absolute atomic E-state index is 0.679. The molecule has 0 aromatic carbocycles. The second-order valence-corrected chi connectivity index (χ2v) is 5.10. The summed E-state index contributed by atoms with van der Waals surface area (Å²) in [6.45, 7) is 1.87. The van der Waals surface area contributed by atoms with Crippen LogP contribution in [-0.2, 0) is 14.8 Å². The first-order valence-electron chi connectivity index (χ1n) is 4.34. The average Bonchev–Trinajstić information content (AvgIpc) is 2.06.